The van der Waals surface area contributed by atoms with Gasteiger partial charge < -0.3 is 15.1 Å². The third kappa shape index (κ3) is 2.47. The zero-order valence-electron chi connectivity index (χ0n) is 10.2. The average Bonchev–Trinajstić information content (AvgIpc) is 2.96. The van der Waals surface area contributed by atoms with Gasteiger partial charge in [-0.25, -0.2) is 4.79 Å². The van der Waals surface area contributed by atoms with Gasteiger partial charge in [0.1, 0.15) is 0 Å². The Hall–Kier alpha value is -1.59. The van der Waals surface area contributed by atoms with Crippen molar-refractivity contribution in [3.8, 4) is 0 Å². The molecule has 1 aromatic carbocycles. The minimum atomic E-state index is -0.391. The number of hydrogen-bond donors (Lipinski definition) is 3. The van der Waals surface area contributed by atoms with Crippen molar-refractivity contribution in [1.29, 1.82) is 0 Å². The molecule has 2 heterocycles. The fourth-order valence-electron chi connectivity index (χ4n) is 2.40. The summed E-state index contributed by atoms with van der Waals surface area (Å²) in [7, 11) is 0. The largest absolute Gasteiger partial charge is 0.417 e. The molecule has 5 nitrogen and oxygen atoms in total. The molecule has 1 aliphatic heterocycles. The average molecular weight is 247 g/mol. The minimum Gasteiger partial charge on any atom is -0.408 e. The van der Waals surface area contributed by atoms with Crippen LogP contribution in [0.15, 0.2) is 27.4 Å². The second-order valence-corrected chi connectivity index (χ2v) is 4.74. The SMILES string of the molecule is O=c1[nH]c2cc(CCNC3CCNC3)ccc2o1. The predicted molar refractivity (Wildman–Crippen MR) is 69.8 cm³/mol. The van der Waals surface area contributed by atoms with E-state index in [4.69, 9.17) is 4.42 Å². The number of aromatic amines is 1. The summed E-state index contributed by atoms with van der Waals surface area (Å²) in [6, 6.07) is 6.44. The van der Waals surface area contributed by atoms with E-state index in [0.29, 0.717) is 11.6 Å². The monoisotopic (exact) mass is 247 g/mol. The van der Waals surface area contributed by atoms with Crippen LogP contribution in [0.2, 0.25) is 0 Å². The van der Waals surface area contributed by atoms with E-state index in [1.54, 1.807) is 0 Å². The maximum Gasteiger partial charge on any atom is 0.417 e. The molecule has 1 fully saturated rings. The second-order valence-electron chi connectivity index (χ2n) is 4.74. The molecule has 0 spiro atoms. The fourth-order valence-corrected chi connectivity index (χ4v) is 2.40. The highest BCUT2D eigenvalue weighted by Gasteiger charge is 2.12. The first kappa shape index (κ1) is 11.5. The number of aromatic nitrogens is 1. The lowest BCUT2D eigenvalue weighted by Gasteiger charge is -2.10. The van der Waals surface area contributed by atoms with Crippen LogP contribution in [-0.4, -0.2) is 30.7 Å². The molecule has 0 aliphatic carbocycles. The van der Waals surface area contributed by atoms with Crippen LogP contribution in [0, 0.1) is 0 Å². The molecule has 1 atom stereocenters. The molecule has 96 valence electrons. The zero-order valence-corrected chi connectivity index (χ0v) is 10.2. The van der Waals surface area contributed by atoms with Crippen LogP contribution in [0.4, 0.5) is 0 Å². The molecule has 5 heteroatoms. The summed E-state index contributed by atoms with van der Waals surface area (Å²) in [5, 5.41) is 6.86. The molecular weight excluding hydrogens is 230 g/mol. The lowest BCUT2D eigenvalue weighted by atomic mass is 10.1. The summed E-state index contributed by atoms with van der Waals surface area (Å²) < 4.78 is 4.97. The predicted octanol–water partition coefficient (Wildman–Crippen LogP) is 0.615. The van der Waals surface area contributed by atoms with Crippen molar-refractivity contribution in [2.45, 2.75) is 18.9 Å². The van der Waals surface area contributed by atoms with Crippen LogP contribution < -0.4 is 16.4 Å². The summed E-state index contributed by atoms with van der Waals surface area (Å²) >= 11 is 0. The summed E-state index contributed by atoms with van der Waals surface area (Å²) in [6.07, 6.45) is 2.16. The highest BCUT2D eigenvalue weighted by Crippen LogP contribution is 2.12. The van der Waals surface area contributed by atoms with E-state index < -0.39 is 5.76 Å². The Morgan fingerprint density at radius 1 is 1.44 bits per heavy atom. The number of rotatable bonds is 4. The molecule has 1 unspecified atom stereocenters. The van der Waals surface area contributed by atoms with Gasteiger partial charge in [-0.3, -0.25) is 4.98 Å². The highest BCUT2D eigenvalue weighted by molar-refractivity contribution is 5.72. The normalized spacial score (nSPS) is 19.7. The maximum atomic E-state index is 11.0. The lowest BCUT2D eigenvalue weighted by Crippen LogP contribution is -2.32. The molecule has 3 rings (SSSR count). The van der Waals surface area contributed by atoms with Gasteiger partial charge in [-0.1, -0.05) is 6.07 Å². The maximum absolute atomic E-state index is 11.0. The molecule has 0 radical (unpaired) electrons. The van der Waals surface area contributed by atoms with Crippen molar-refractivity contribution in [1.82, 2.24) is 15.6 Å². The number of benzene rings is 1. The molecule has 0 saturated carbocycles. The van der Waals surface area contributed by atoms with E-state index in [-0.39, 0.29) is 0 Å². The number of oxazole rings is 1. The zero-order chi connectivity index (χ0) is 12.4. The van der Waals surface area contributed by atoms with Gasteiger partial charge in [-0.15, -0.1) is 0 Å². The van der Waals surface area contributed by atoms with Gasteiger partial charge in [0, 0.05) is 12.6 Å². The van der Waals surface area contributed by atoms with Crippen LogP contribution in [-0.2, 0) is 6.42 Å². The van der Waals surface area contributed by atoms with E-state index in [2.05, 4.69) is 15.6 Å². The van der Waals surface area contributed by atoms with Gasteiger partial charge in [0.2, 0.25) is 0 Å². The molecule has 0 amide bonds. The Bertz CT molecular complexity index is 581. The fraction of sp³-hybridized carbons (Fsp3) is 0.462. The second kappa shape index (κ2) is 4.96. The Morgan fingerprint density at radius 2 is 2.39 bits per heavy atom. The van der Waals surface area contributed by atoms with E-state index in [0.717, 1.165) is 31.6 Å². The molecule has 3 N–H and O–H groups in total. The van der Waals surface area contributed by atoms with Gasteiger partial charge in [-0.2, -0.15) is 0 Å². The standard InChI is InChI=1S/C13H17N3O2/c17-13-16-11-7-9(1-2-12(11)18-13)3-6-15-10-4-5-14-8-10/h1-2,7,10,14-15H,3-6,8H2,(H,16,17). The van der Waals surface area contributed by atoms with Crippen LogP contribution >= 0.6 is 0 Å². The first-order valence-corrected chi connectivity index (χ1v) is 6.37. The van der Waals surface area contributed by atoms with E-state index in [1.165, 1.54) is 12.0 Å². The highest BCUT2D eigenvalue weighted by atomic mass is 16.4. The Labute approximate surface area is 105 Å². The number of nitrogens with one attached hydrogen (secondary N) is 3. The van der Waals surface area contributed by atoms with E-state index in [9.17, 15) is 4.79 Å². The van der Waals surface area contributed by atoms with Gasteiger partial charge in [0.15, 0.2) is 5.58 Å². The van der Waals surface area contributed by atoms with Crippen LogP contribution in [0.5, 0.6) is 0 Å². The van der Waals surface area contributed by atoms with Crippen LogP contribution in [0.25, 0.3) is 11.1 Å². The molecule has 1 saturated heterocycles. The van der Waals surface area contributed by atoms with Gasteiger partial charge in [0.05, 0.1) is 5.52 Å². The quantitative estimate of drug-likeness (QED) is 0.740. The summed E-state index contributed by atoms with van der Waals surface area (Å²) in [5.74, 6) is -0.391. The smallest absolute Gasteiger partial charge is 0.408 e. The van der Waals surface area contributed by atoms with Crippen LogP contribution in [0.3, 0.4) is 0 Å². The molecule has 18 heavy (non-hydrogen) atoms. The number of H-pyrrole nitrogens is 1. The van der Waals surface area contributed by atoms with E-state index >= 15 is 0 Å². The van der Waals surface area contributed by atoms with Crippen molar-refractivity contribution >= 4 is 11.1 Å². The van der Waals surface area contributed by atoms with Gasteiger partial charge >= 0.3 is 5.76 Å². The van der Waals surface area contributed by atoms with Crippen molar-refractivity contribution in [3.63, 3.8) is 0 Å². The first-order valence-electron chi connectivity index (χ1n) is 6.37. The summed E-state index contributed by atoms with van der Waals surface area (Å²) in [4.78, 5) is 13.7. The van der Waals surface area contributed by atoms with Crippen LogP contribution in [0.1, 0.15) is 12.0 Å². The molecule has 1 aliphatic rings. The Balaban J connectivity index is 1.61. The molecule has 1 aromatic heterocycles. The number of hydrogen-bond acceptors (Lipinski definition) is 4. The topological polar surface area (TPSA) is 70.1 Å². The van der Waals surface area contributed by atoms with Gasteiger partial charge in [0.25, 0.3) is 0 Å². The summed E-state index contributed by atoms with van der Waals surface area (Å²) in [6.45, 7) is 3.13. The lowest BCUT2D eigenvalue weighted by molar-refractivity contribution is 0.550. The Kier molecular flexibility index (Phi) is 3.17. The van der Waals surface area contributed by atoms with Crippen molar-refractivity contribution in [2.75, 3.05) is 19.6 Å². The molecular formula is C13H17N3O2. The van der Waals surface area contributed by atoms with Crippen molar-refractivity contribution in [3.05, 3.63) is 34.3 Å². The first-order chi connectivity index (χ1) is 8.81. The van der Waals surface area contributed by atoms with E-state index in [1.807, 2.05) is 18.2 Å². The molecule has 0 bridgehead atoms. The van der Waals surface area contributed by atoms with Gasteiger partial charge in [-0.05, 0) is 43.6 Å². The molecule has 2 aromatic rings. The summed E-state index contributed by atoms with van der Waals surface area (Å²) in [5.41, 5.74) is 2.61. The minimum absolute atomic E-state index is 0.391. The van der Waals surface area contributed by atoms with Crippen molar-refractivity contribution in [2.24, 2.45) is 0 Å². The number of fused-ring (bicyclic) bond motifs is 1. The van der Waals surface area contributed by atoms with Crippen molar-refractivity contribution < 1.29 is 4.42 Å². The third-order valence-corrected chi connectivity index (χ3v) is 3.39. The Morgan fingerprint density at radius 3 is 3.22 bits per heavy atom. The third-order valence-electron chi connectivity index (χ3n) is 3.39.